The van der Waals surface area contributed by atoms with E-state index in [2.05, 4.69) is 4.72 Å². The molecule has 0 heterocycles. The van der Waals surface area contributed by atoms with Gasteiger partial charge in [0, 0.05) is 6.54 Å². The van der Waals surface area contributed by atoms with Crippen molar-refractivity contribution in [1.82, 2.24) is 4.72 Å². The van der Waals surface area contributed by atoms with E-state index in [0.29, 0.717) is 18.0 Å². The van der Waals surface area contributed by atoms with Crippen molar-refractivity contribution in [3.8, 4) is 0 Å². The highest BCUT2D eigenvalue weighted by Gasteiger charge is 2.19. The molecule has 1 saturated carbocycles. The molecule has 3 N–H and O–H groups in total. The number of hydrogen-bond donors (Lipinski definition) is 2. The number of nitrogens with two attached hydrogens (primary N) is 1. The van der Waals surface area contributed by atoms with E-state index in [9.17, 15) is 8.42 Å². The Hall–Kier alpha value is -0.910. The largest absolute Gasteiger partial charge is 0.330 e. The fraction of sp³-hybridized carbons (Fsp3) is 0.600. The lowest BCUT2D eigenvalue weighted by molar-refractivity contribution is 0.297. The van der Waals surface area contributed by atoms with Gasteiger partial charge in [-0.05, 0) is 49.4 Å². The third kappa shape index (κ3) is 4.30. The lowest BCUT2D eigenvalue weighted by atomic mass is 9.83. The first-order valence-corrected chi connectivity index (χ1v) is 8.89. The Labute approximate surface area is 121 Å². The van der Waals surface area contributed by atoms with E-state index in [1.165, 1.54) is 19.3 Å². The summed E-state index contributed by atoms with van der Waals surface area (Å²) < 4.78 is 26.9. The molecule has 4 nitrogen and oxygen atoms in total. The van der Waals surface area contributed by atoms with Gasteiger partial charge in [0.25, 0.3) is 0 Å². The number of rotatable bonds is 8. The van der Waals surface area contributed by atoms with Gasteiger partial charge in [0.2, 0.25) is 10.0 Å². The molecule has 5 heteroatoms. The molecule has 2 rings (SSSR count). The monoisotopic (exact) mass is 296 g/mol. The summed E-state index contributed by atoms with van der Waals surface area (Å²) in [4.78, 5) is 0.350. The van der Waals surface area contributed by atoms with E-state index >= 15 is 0 Å². The minimum absolute atomic E-state index is 0.350. The average molecular weight is 296 g/mol. The van der Waals surface area contributed by atoms with Crippen molar-refractivity contribution in [2.75, 3.05) is 13.1 Å². The van der Waals surface area contributed by atoms with Gasteiger partial charge >= 0.3 is 0 Å². The second-order valence-corrected chi connectivity index (χ2v) is 7.29. The van der Waals surface area contributed by atoms with Gasteiger partial charge in [-0.15, -0.1) is 0 Å². The molecule has 0 radical (unpaired) electrons. The normalized spacial score (nSPS) is 16.1. The van der Waals surface area contributed by atoms with Crippen LogP contribution >= 0.6 is 0 Å². The summed E-state index contributed by atoms with van der Waals surface area (Å²) in [6, 6.07) is 7.10. The summed E-state index contributed by atoms with van der Waals surface area (Å²) >= 11 is 0. The van der Waals surface area contributed by atoms with Gasteiger partial charge in [-0.2, -0.15) is 0 Å². The Kier molecular flexibility index (Phi) is 5.57. The van der Waals surface area contributed by atoms with Gasteiger partial charge in [0.05, 0.1) is 4.90 Å². The molecule has 0 saturated heterocycles. The van der Waals surface area contributed by atoms with E-state index in [-0.39, 0.29) is 0 Å². The van der Waals surface area contributed by atoms with Crippen LogP contribution in [0.25, 0.3) is 0 Å². The number of aryl methyl sites for hydroxylation is 1. The molecule has 0 aromatic heterocycles. The Morgan fingerprint density at radius 1 is 1.20 bits per heavy atom. The summed E-state index contributed by atoms with van der Waals surface area (Å²) in [6.07, 6.45) is 6.56. The summed E-state index contributed by atoms with van der Waals surface area (Å²) in [5, 5.41) is 0. The maximum absolute atomic E-state index is 12.1. The van der Waals surface area contributed by atoms with Gasteiger partial charge < -0.3 is 5.73 Å². The van der Waals surface area contributed by atoms with Crippen molar-refractivity contribution in [3.63, 3.8) is 0 Å². The lowest BCUT2D eigenvalue weighted by Gasteiger charge is -2.25. The topological polar surface area (TPSA) is 72.2 Å². The van der Waals surface area contributed by atoms with Crippen LogP contribution < -0.4 is 10.5 Å². The molecular formula is C15H24N2O2S. The lowest BCUT2D eigenvalue weighted by Crippen LogP contribution is -2.27. The molecule has 1 aromatic carbocycles. The molecule has 0 unspecified atom stereocenters. The summed E-state index contributed by atoms with van der Waals surface area (Å²) in [6.45, 7) is 1.20. The molecule has 0 bridgehead atoms. The Balaban J connectivity index is 1.87. The Morgan fingerprint density at radius 2 is 1.90 bits per heavy atom. The number of hydrogen-bond acceptors (Lipinski definition) is 3. The smallest absolute Gasteiger partial charge is 0.240 e. The van der Waals surface area contributed by atoms with E-state index in [1.807, 2.05) is 12.1 Å². The van der Waals surface area contributed by atoms with Crippen molar-refractivity contribution in [2.45, 2.75) is 43.4 Å². The molecule has 1 fully saturated rings. The van der Waals surface area contributed by atoms with Crippen LogP contribution in [-0.2, 0) is 16.4 Å². The Bertz CT molecular complexity index is 507. The second-order valence-electron chi connectivity index (χ2n) is 5.52. The van der Waals surface area contributed by atoms with E-state index < -0.39 is 10.0 Å². The predicted octanol–water partition coefficient (Wildman–Crippen LogP) is 2.05. The standard InChI is InChI=1S/C15H24N2O2S/c16-11-2-5-14-6-8-15(9-7-14)20(18,19)17-12-10-13-3-1-4-13/h6-9,13,17H,1-5,10-12,16H2. The molecule has 0 amide bonds. The average Bonchev–Trinajstić information content (AvgIpc) is 2.40. The zero-order valence-electron chi connectivity index (χ0n) is 11.8. The van der Waals surface area contributed by atoms with Crippen LogP contribution in [0.4, 0.5) is 0 Å². The maximum Gasteiger partial charge on any atom is 0.240 e. The quantitative estimate of drug-likeness (QED) is 0.771. The SMILES string of the molecule is NCCCc1ccc(S(=O)(=O)NCCC2CCC2)cc1. The molecule has 0 aliphatic heterocycles. The zero-order chi connectivity index (χ0) is 14.4. The number of nitrogens with one attached hydrogen (secondary N) is 1. The summed E-state index contributed by atoms with van der Waals surface area (Å²) in [5.74, 6) is 0.719. The van der Waals surface area contributed by atoms with Crippen molar-refractivity contribution < 1.29 is 8.42 Å². The molecule has 0 atom stereocenters. The molecular weight excluding hydrogens is 272 g/mol. The van der Waals surface area contributed by atoms with Gasteiger partial charge in [-0.3, -0.25) is 0 Å². The van der Waals surface area contributed by atoms with Crippen LogP contribution in [0.15, 0.2) is 29.2 Å². The van der Waals surface area contributed by atoms with E-state index in [1.54, 1.807) is 12.1 Å². The van der Waals surface area contributed by atoms with Crippen LogP contribution in [-0.4, -0.2) is 21.5 Å². The van der Waals surface area contributed by atoms with Crippen LogP contribution in [0, 0.1) is 5.92 Å². The van der Waals surface area contributed by atoms with Crippen LogP contribution in [0.2, 0.25) is 0 Å². The van der Waals surface area contributed by atoms with Crippen LogP contribution in [0.1, 0.15) is 37.7 Å². The van der Waals surface area contributed by atoms with Crippen molar-refractivity contribution in [1.29, 1.82) is 0 Å². The molecule has 112 valence electrons. The van der Waals surface area contributed by atoms with Crippen LogP contribution in [0.5, 0.6) is 0 Å². The van der Waals surface area contributed by atoms with Crippen molar-refractivity contribution in [2.24, 2.45) is 11.7 Å². The zero-order valence-corrected chi connectivity index (χ0v) is 12.7. The second kappa shape index (κ2) is 7.20. The van der Waals surface area contributed by atoms with Gasteiger partial charge in [0.15, 0.2) is 0 Å². The third-order valence-corrected chi connectivity index (χ3v) is 5.45. The fourth-order valence-electron chi connectivity index (χ4n) is 2.40. The Morgan fingerprint density at radius 3 is 2.45 bits per heavy atom. The molecule has 1 aromatic rings. The first-order chi connectivity index (χ1) is 9.62. The first-order valence-electron chi connectivity index (χ1n) is 7.40. The molecule has 0 spiro atoms. The number of sulfonamides is 1. The highest BCUT2D eigenvalue weighted by Crippen LogP contribution is 2.28. The van der Waals surface area contributed by atoms with Gasteiger partial charge in [-0.1, -0.05) is 31.4 Å². The van der Waals surface area contributed by atoms with Crippen LogP contribution in [0.3, 0.4) is 0 Å². The predicted molar refractivity (Wildman–Crippen MR) is 81.0 cm³/mol. The fourth-order valence-corrected chi connectivity index (χ4v) is 3.45. The maximum atomic E-state index is 12.1. The summed E-state index contributed by atoms with van der Waals surface area (Å²) in [5.41, 5.74) is 6.59. The highest BCUT2D eigenvalue weighted by atomic mass is 32.2. The van der Waals surface area contributed by atoms with Gasteiger partial charge in [-0.25, -0.2) is 13.1 Å². The van der Waals surface area contributed by atoms with Crippen molar-refractivity contribution >= 4 is 10.0 Å². The molecule has 1 aliphatic rings. The highest BCUT2D eigenvalue weighted by molar-refractivity contribution is 7.89. The molecule has 20 heavy (non-hydrogen) atoms. The third-order valence-electron chi connectivity index (χ3n) is 3.97. The minimum atomic E-state index is -3.35. The van der Waals surface area contributed by atoms with E-state index in [0.717, 1.165) is 30.7 Å². The number of benzene rings is 1. The first kappa shape index (κ1) is 15.5. The van der Waals surface area contributed by atoms with E-state index in [4.69, 9.17) is 5.73 Å². The molecule has 1 aliphatic carbocycles. The van der Waals surface area contributed by atoms with Gasteiger partial charge in [0.1, 0.15) is 0 Å². The van der Waals surface area contributed by atoms with Crippen molar-refractivity contribution in [3.05, 3.63) is 29.8 Å². The minimum Gasteiger partial charge on any atom is -0.330 e. The summed E-state index contributed by atoms with van der Waals surface area (Å²) in [7, 11) is -3.35.